The van der Waals surface area contributed by atoms with Crippen molar-refractivity contribution in [2.45, 2.75) is 31.4 Å². The fourth-order valence-corrected chi connectivity index (χ4v) is 4.19. The maximum atomic E-state index is 12.4. The van der Waals surface area contributed by atoms with Crippen LogP contribution >= 0.6 is 0 Å². The molecule has 30 heavy (non-hydrogen) atoms. The van der Waals surface area contributed by atoms with Gasteiger partial charge in [-0.05, 0) is 48.4 Å². The zero-order valence-electron chi connectivity index (χ0n) is 15.5. The molecule has 1 aromatic rings. The molecule has 0 radical (unpaired) electrons. The average Bonchev–Trinajstić information content (AvgIpc) is 2.73. The predicted molar refractivity (Wildman–Crippen MR) is 96.8 cm³/mol. The molecule has 0 saturated heterocycles. The third-order valence-electron chi connectivity index (χ3n) is 5.47. The van der Waals surface area contributed by atoms with Crippen molar-refractivity contribution in [2.24, 2.45) is 17.1 Å². The van der Waals surface area contributed by atoms with Crippen molar-refractivity contribution >= 4 is 5.97 Å². The number of hydrogen-bond donors (Lipinski definition) is 1. The first-order valence-electron chi connectivity index (χ1n) is 9.01. The van der Waals surface area contributed by atoms with Gasteiger partial charge in [-0.15, -0.1) is 0 Å². The molecule has 0 bridgehead atoms. The van der Waals surface area contributed by atoms with Crippen LogP contribution in [0.3, 0.4) is 0 Å². The van der Waals surface area contributed by atoms with E-state index >= 15 is 0 Å². The van der Waals surface area contributed by atoms with Crippen LogP contribution in [0, 0.1) is 45.3 Å². The highest BCUT2D eigenvalue weighted by atomic mass is 19.4. The van der Waals surface area contributed by atoms with Gasteiger partial charge in [0.15, 0.2) is 5.41 Å². The summed E-state index contributed by atoms with van der Waals surface area (Å²) in [6.45, 7) is 0. The molecular weight excluding hydrogens is 397 g/mol. The molecular formula is C21H15F3N4O2. The summed E-state index contributed by atoms with van der Waals surface area (Å²) in [5, 5.41) is 29.5. The summed E-state index contributed by atoms with van der Waals surface area (Å²) in [6.07, 6.45) is -1.06. The highest BCUT2D eigenvalue weighted by Crippen LogP contribution is 2.56. The number of nitrogens with two attached hydrogens (primary N) is 1. The normalized spacial score (nSPS) is 22.6. The van der Waals surface area contributed by atoms with Crippen molar-refractivity contribution < 1.29 is 22.7 Å². The summed E-state index contributed by atoms with van der Waals surface area (Å²) in [6, 6.07) is 11.0. The third-order valence-corrected chi connectivity index (χ3v) is 5.47. The summed E-state index contributed by atoms with van der Waals surface area (Å²) < 4.78 is 41.5. The van der Waals surface area contributed by atoms with E-state index in [1.807, 2.05) is 24.3 Å². The number of rotatable bonds is 2. The molecule has 2 aliphatic rings. The lowest BCUT2D eigenvalue weighted by Gasteiger charge is -2.43. The van der Waals surface area contributed by atoms with Crippen LogP contribution in [-0.4, -0.2) is 12.1 Å². The Morgan fingerprint density at radius 3 is 2.33 bits per heavy atom. The van der Waals surface area contributed by atoms with Gasteiger partial charge >= 0.3 is 12.1 Å². The quantitative estimate of drug-likeness (QED) is 0.583. The molecule has 0 aromatic heterocycles. The molecule has 2 atom stereocenters. The van der Waals surface area contributed by atoms with Crippen LogP contribution in [0.25, 0.3) is 0 Å². The molecule has 0 unspecified atom stereocenters. The summed E-state index contributed by atoms with van der Waals surface area (Å²) in [5.41, 5.74) is 5.48. The van der Waals surface area contributed by atoms with E-state index in [4.69, 9.17) is 5.73 Å². The van der Waals surface area contributed by atoms with E-state index in [-0.39, 0.29) is 22.9 Å². The zero-order valence-corrected chi connectivity index (χ0v) is 15.5. The Hall–Kier alpha value is -3.77. The predicted octanol–water partition coefficient (Wildman–Crippen LogP) is 3.75. The van der Waals surface area contributed by atoms with Crippen molar-refractivity contribution in [3.05, 3.63) is 52.7 Å². The van der Waals surface area contributed by atoms with Crippen molar-refractivity contribution in [1.29, 1.82) is 15.8 Å². The number of carbonyl (C=O) groups excluding carboxylic acids is 1. The number of allylic oxidation sites excluding steroid dienone is 3. The molecule has 2 aliphatic carbocycles. The summed E-state index contributed by atoms with van der Waals surface area (Å²) in [5.74, 6) is -3.74. The molecule has 3 rings (SSSR count). The number of halogens is 3. The first-order valence-corrected chi connectivity index (χ1v) is 9.01. The van der Waals surface area contributed by atoms with Crippen LogP contribution in [0.5, 0.6) is 5.75 Å². The van der Waals surface area contributed by atoms with Gasteiger partial charge in [-0.2, -0.15) is 29.0 Å². The van der Waals surface area contributed by atoms with Crippen LogP contribution in [-0.2, 0) is 4.79 Å². The zero-order chi connectivity index (χ0) is 22.1. The summed E-state index contributed by atoms with van der Waals surface area (Å²) >= 11 is 0. The van der Waals surface area contributed by atoms with Gasteiger partial charge in [-0.1, -0.05) is 18.2 Å². The maximum Gasteiger partial charge on any atom is 0.491 e. The number of benzene rings is 1. The lowest BCUT2D eigenvalue weighted by molar-refractivity contribution is -0.189. The van der Waals surface area contributed by atoms with Gasteiger partial charge in [-0.25, -0.2) is 4.79 Å². The smallest absolute Gasteiger partial charge is 0.420 e. The molecule has 0 heterocycles. The maximum absolute atomic E-state index is 12.4. The standard InChI is InChI=1S/C21H15F3N4O2/c22-21(23,24)19(29)30-13-7-5-12(6-8-13)17-14-3-1-2-4-15(14)18(28)16(9-25)20(17,10-26)11-27/h4-8,14,17H,1-3,28H2/t14-,17+/m1/s1. The van der Waals surface area contributed by atoms with Crippen LogP contribution in [0.4, 0.5) is 13.2 Å². The van der Waals surface area contributed by atoms with E-state index in [1.54, 1.807) is 0 Å². The Labute approximate surface area is 170 Å². The lowest BCUT2D eigenvalue weighted by Crippen LogP contribution is -2.41. The Bertz CT molecular complexity index is 1050. The first kappa shape index (κ1) is 21.0. The monoisotopic (exact) mass is 412 g/mol. The molecule has 0 amide bonds. The number of carbonyl (C=O) groups is 1. The largest absolute Gasteiger partial charge is 0.491 e. The van der Waals surface area contributed by atoms with Gasteiger partial charge in [0.1, 0.15) is 5.75 Å². The van der Waals surface area contributed by atoms with Gasteiger partial charge in [0.2, 0.25) is 0 Å². The lowest BCUT2D eigenvalue weighted by atomic mass is 9.56. The molecule has 0 fully saturated rings. The number of fused-ring (bicyclic) bond motifs is 1. The minimum absolute atomic E-state index is 0.130. The van der Waals surface area contributed by atoms with Crippen molar-refractivity contribution in [1.82, 2.24) is 0 Å². The average molecular weight is 412 g/mol. The molecule has 2 N–H and O–H groups in total. The van der Waals surface area contributed by atoms with Crippen molar-refractivity contribution in [3.8, 4) is 24.0 Å². The van der Waals surface area contributed by atoms with E-state index in [0.717, 1.165) is 12.8 Å². The third kappa shape index (κ3) is 3.27. The molecule has 6 nitrogen and oxygen atoms in total. The Morgan fingerprint density at radius 2 is 1.80 bits per heavy atom. The Morgan fingerprint density at radius 1 is 1.17 bits per heavy atom. The number of ether oxygens (including phenoxy) is 1. The Balaban J connectivity index is 2.09. The molecule has 0 aliphatic heterocycles. The number of nitrogens with zero attached hydrogens (tertiary/aromatic N) is 3. The Kier molecular flexibility index (Phi) is 5.29. The molecule has 0 spiro atoms. The highest BCUT2D eigenvalue weighted by Gasteiger charge is 2.54. The number of nitriles is 3. The van der Waals surface area contributed by atoms with Crippen molar-refractivity contribution in [3.63, 3.8) is 0 Å². The highest BCUT2D eigenvalue weighted by molar-refractivity contribution is 5.78. The molecule has 0 saturated carbocycles. The van der Waals surface area contributed by atoms with Crippen LogP contribution in [0.2, 0.25) is 0 Å². The fraction of sp³-hybridized carbons (Fsp3) is 0.333. The van der Waals surface area contributed by atoms with Crippen molar-refractivity contribution in [2.75, 3.05) is 0 Å². The second-order valence-electron chi connectivity index (χ2n) is 7.06. The van der Waals surface area contributed by atoms with Crippen LogP contribution < -0.4 is 10.5 Å². The van der Waals surface area contributed by atoms with Gasteiger partial charge in [0.25, 0.3) is 0 Å². The second kappa shape index (κ2) is 7.57. The summed E-state index contributed by atoms with van der Waals surface area (Å²) in [4.78, 5) is 11.0. The molecule has 1 aromatic carbocycles. The van der Waals surface area contributed by atoms with Crippen LogP contribution in [0.15, 0.2) is 47.2 Å². The van der Waals surface area contributed by atoms with E-state index < -0.39 is 23.5 Å². The van der Waals surface area contributed by atoms with E-state index in [2.05, 4.69) is 4.74 Å². The molecule has 9 heteroatoms. The second-order valence-corrected chi connectivity index (χ2v) is 7.06. The number of alkyl halides is 3. The van der Waals surface area contributed by atoms with Gasteiger partial charge in [0.05, 0.1) is 29.5 Å². The number of hydrogen-bond acceptors (Lipinski definition) is 6. The van der Waals surface area contributed by atoms with Gasteiger partial charge < -0.3 is 10.5 Å². The van der Waals surface area contributed by atoms with Gasteiger partial charge in [-0.3, -0.25) is 0 Å². The topological polar surface area (TPSA) is 124 Å². The summed E-state index contributed by atoms with van der Waals surface area (Å²) in [7, 11) is 0. The van der Waals surface area contributed by atoms with E-state index in [1.165, 1.54) is 24.3 Å². The minimum Gasteiger partial charge on any atom is -0.420 e. The minimum atomic E-state index is -5.13. The first-order chi connectivity index (χ1) is 14.2. The SMILES string of the molecule is N#CC1=C(N)C2=CCCC[C@H]2[C@H](c2ccc(OC(=O)C(F)(F)F)cc2)C1(C#N)C#N. The van der Waals surface area contributed by atoms with E-state index in [9.17, 15) is 33.8 Å². The fourth-order valence-electron chi connectivity index (χ4n) is 4.19. The van der Waals surface area contributed by atoms with Crippen LogP contribution in [0.1, 0.15) is 30.7 Å². The number of esters is 1. The molecule has 152 valence electrons. The van der Waals surface area contributed by atoms with Gasteiger partial charge in [0, 0.05) is 5.92 Å². The van der Waals surface area contributed by atoms with E-state index in [0.29, 0.717) is 17.6 Å².